The average molecular weight is 239 g/mol. The maximum absolute atomic E-state index is 6.08. The molecule has 0 aliphatic rings. The lowest BCUT2D eigenvalue weighted by Crippen LogP contribution is -2.13. The van der Waals surface area contributed by atoms with E-state index in [9.17, 15) is 0 Å². The van der Waals surface area contributed by atoms with Gasteiger partial charge in [-0.1, -0.05) is 11.6 Å². The van der Waals surface area contributed by atoms with E-state index in [1.54, 1.807) is 23.7 Å². The number of aromatic nitrogens is 1. The Balaban J connectivity index is 2.15. The first-order chi connectivity index (χ1) is 7.27. The fourth-order valence-electron chi connectivity index (χ4n) is 1.46. The maximum Gasteiger partial charge on any atom is 0.0637 e. The molecule has 0 radical (unpaired) electrons. The highest BCUT2D eigenvalue weighted by atomic mass is 35.5. The number of thiophene rings is 1. The molecule has 0 amide bonds. The Kier molecular flexibility index (Phi) is 3.36. The maximum atomic E-state index is 6.08. The van der Waals surface area contributed by atoms with Crippen LogP contribution in [0.2, 0.25) is 5.02 Å². The molecule has 0 bridgehead atoms. The first kappa shape index (κ1) is 10.6. The number of rotatable bonds is 3. The van der Waals surface area contributed by atoms with Crippen LogP contribution < -0.4 is 5.73 Å². The summed E-state index contributed by atoms with van der Waals surface area (Å²) in [5.74, 6) is 0. The highest BCUT2D eigenvalue weighted by Gasteiger charge is 2.10. The minimum atomic E-state index is -0.0601. The second-order valence-corrected chi connectivity index (χ2v) is 4.53. The molecule has 2 rings (SSSR count). The zero-order valence-corrected chi connectivity index (χ0v) is 9.63. The van der Waals surface area contributed by atoms with Gasteiger partial charge in [0, 0.05) is 18.4 Å². The van der Waals surface area contributed by atoms with Gasteiger partial charge in [0.2, 0.25) is 0 Å². The second-order valence-electron chi connectivity index (χ2n) is 3.34. The van der Waals surface area contributed by atoms with Crippen molar-refractivity contribution >= 4 is 22.9 Å². The lowest BCUT2D eigenvalue weighted by atomic mass is 10.0. The van der Waals surface area contributed by atoms with E-state index in [4.69, 9.17) is 17.3 Å². The van der Waals surface area contributed by atoms with E-state index in [-0.39, 0.29) is 6.04 Å². The molecule has 2 aromatic heterocycles. The zero-order valence-electron chi connectivity index (χ0n) is 8.06. The molecule has 1 atom stereocenters. The number of hydrogen-bond donors (Lipinski definition) is 1. The smallest absolute Gasteiger partial charge is 0.0637 e. The number of halogens is 1. The van der Waals surface area contributed by atoms with Crippen molar-refractivity contribution in [3.63, 3.8) is 0 Å². The van der Waals surface area contributed by atoms with Gasteiger partial charge in [-0.05, 0) is 40.4 Å². The summed E-state index contributed by atoms with van der Waals surface area (Å²) in [6.45, 7) is 0. The van der Waals surface area contributed by atoms with E-state index in [1.165, 1.54) is 5.56 Å². The summed E-state index contributed by atoms with van der Waals surface area (Å²) in [5.41, 5.74) is 8.29. The summed E-state index contributed by atoms with van der Waals surface area (Å²) >= 11 is 7.70. The van der Waals surface area contributed by atoms with Crippen molar-refractivity contribution < 1.29 is 0 Å². The van der Waals surface area contributed by atoms with Gasteiger partial charge in [0.1, 0.15) is 0 Å². The van der Waals surface area contributed by atoms with Crippen LogP contribution in [0.3, 0.4) is 0 Å². The molecule has 0 aliphatic carbocycles. The van der Waals surface area contributed by atoms with E-state index in [2.05, 4.69) is 21.8 Å². The van der Waals surface area contributed by atoms with E-state index < -0.39 is 0 Å². The fraction of sp³-hybridized carbons (Fsp3) is 0.182. The number of pyridine rings is 1. The van der Waals surface area contributed by atoms with Gasteiger partial charge in [0.15, 0.2) is 0 Å². The first-order valence-corrected chi connectivity index (χ1v) is 5.95. The van der Waals surface area contributed by atoms with Crippen LogP contribution >= 0.6 is 22.9 Å². The zero-order chi connectivity index (χ0) is 10.7. The Morgan fingerprint density at radius 3 is 3.00 bits per heavy atom. The van der Waals surface area contributed by atoms with Crippen LogP contribution in [0.4, 0.5) is 0 Å². The topological polar surface area (TPSA) is 38.9 Å². The van der Waals surface area contributed by atoms with Gasteiger partial charge >= 0.3 is 0 Å². The highest BCUT2D eigenvalue weighted by Crippen LogP contribution is 2.23. The predicted octanol–water partition coefficient (Wildman–Crippen LogP) is 3.04. The van der Waals surface area contributed by atoms with E-state index in [0.29, 0.717) is 5.02 Å². The van der Waals surface area contributed by atoms with Gasteiger partial charge < -0.3 is 5.73 Å². The van der Waals surface area contributed by atoms with Crippen LogP contribution in [0, 0.1) is 0 Å². The van der Waals surface area contributed by atoms with Gasteiger partial charge in [0.05, 0.1) is 5.02 Å². The highest BCUT2D eigenvalue weighted by molar-refractivity contribution is 7.07. The van der Waals surface area contributed by atoms with E-state index in [0.717, 1.165) is 12.0 Å². The van der Waals surface area contributed by atoms with Crippen molar-refractivity contribution in [2.45, 2.75) is 12.5 Å². The molecule has 0 saturated carbocycles. The summed E-state index contributed by atoms with van der Waals surface area (Å²) in [6.07, 6.45) is 4.16. The van der Waals surface area contributed by atoms with Crippen LogP contribution in [0.1, 0.15) is 17.2 Å². The summed E-state index contributed by atoms with van der Waals surface area (Å²) in [5, 5.41) is 4.80. The van der Waals surface area contributed by atoms with Crippen molar-refractivity contribution in [2.24, 2.45) is 5.73 Å². The van der Waals surface area contributed by atoms with Crippen molar-refractivity contribution in [2.75, 3.05) is 0 Å². The lowest BCUT2D eigenvalue weighted by Gasteiger charge is -2.12. The lowest BCUT2D eigenvalue weighted by molar-refractivity contribution is 0.722. The molecule has 1 unspecified atom stereocenters. The van der Waals surface area contributed by atoms with Crippen LogP contribution in [0.15, 0.2) is 35.3 Å². The summed E-state index contributed by atoms with van der Waals surface area (Å²) in [6, 6.07) is 3.90. The summed E-state index contributed by atoms with van der Waals surface area (Å²) < 4.78 is 0. The Bertz CT molecular complexity index is 428. The van der Waals surface area contributed by atoms with Crippen LogP contribution in [-0.2, 0) is 6.42 Å². The third-order valence-electron chi connectivity index (χ3n) is 2.24. The third-order valence-corrected chi connectivity index (χ3v) is 3.29. The Morgan fingerprint density at radius 1 is 1.47 bits per heavy atom. The minimum Gasteiger partial charge on any atom is -0.324 e. The Labute approximate surface area is 97.7 Å². The quantitative estimate of drug-likeness (QED) is 0.893. The monoisotopic (exact) mass is 238 g/mol. The van der Waals surface area contributed by atoms with Crippen LogP contribution in [0.5, 0.6) is 0 Å². The average Bonchev–Trinajstić information content (AvgIpc) is 2.71. The normalized spacial score (nSPS) is 12.7. The van der Waals surface area contributed by atoms with Gasteiger partial charge in [-0.3, -0.25) is 4.98 Å². The van der Waals surface area contributed by atoms with Gasteiger partial charge in [-0.25, -0.2) is 0 Å². The minimum absolute atomic E-state index is 0.0601. The molecule has 0 aliphatic heterocycles. The number of nitrogens with two attached hydrogens (primary N) is 1. The molecule has 0 aromatic carbocycles. The van der Waals surface area contributed by atoms with Crippen molar-refractivity contribution in [1.82, 2.24) is 4.98 Å². The molecule has 2 nitrogen and oxygen atoms in total. The molecule has 15 heavy (non-hydrogen) atoms. The number of hydrogen-bond acceptors (Lipinski definition) is 3. The van der Waals surface area contributed by atoms with E-state index >= 15 is 0 Å². The molecule has 0 saturated heterocycles. The fourth-order valence-corrected chi connectivity index (χ4v) is 2.40. The van der Waals surface area contributed by atoms with Gasteiger partial charge in [-0.2, -0.15) is 11.3 Å². The Morgan fingerprint density at radius 2 is 2.33 bits per heavy atom. The Hall–Kier alpha value is -0.900. The third kappa shape index (κ3) is 2.56. The predicted molar refractivity (Wildman–Crippen MR) is 64.2 cm³/mol. The van der Waals surface area contributed by atoms with Crippen LogP contribution in [0.25, 0.3) is 0 Å². The molecular weight excluding hydrogens is 228 g/mol. The molecule has 2 aromatic rings. The van der Waals surface area contributed by atoms with Crippen molar-refractivity contribution in [3.8, 4) is 0 Å². The molecule has 4 heteroatoms. The molecule has 2 heterocycles. The first-order valence-electron chi connectivity index (χ1n) is 4.63. The van der Waals surface area contributed by atoms with Gasteiger partial charge in [-0.15, -0.1) is 0 Å². The number of nitrogens with zero attached hydrogens (tertiary/aromatic N) is 1. The summed E-state index contributed by atoms with van der Waals surface area (Å²) in [4.78, 5) is 3.94. The SMILES string of the molecule is NC(Cc1ccsc1)c1ccncc1Cl. The summed E-state index contributed by atoms with van der Waals surface area (Å²) in [7, 11) is 0. The van der Waals surface area contributed by atoms with Crippen molar-refractivity contribution in [3.05, 3.63) is 51.4 Å². The van der Waals surface area contributed by atoms with Crippen LogP contribution in [-0.4, -0.2) is 4.98 Å². The van der Waals surface area contributed by atoms with Gasteiger partial charge in [0.25, 0.3) is 0 Å². The molecular formula is C11H11ClN2S. The van der Waals surface area contributed by atoms with E-state index in [1.807, 2.05) is 6.07 Å². The molecule has 2 N–H and O–H groups in total. The van der Waals surface area contributed by atoms with Crippen molar-refractivity contribution in [1.29, 1.82) is 0 Å². The largest absolute Gasteiger partial charge is 0.324 e. The molecule has 0 spiro atoms. The standard InChI is InChI=1S/C11H11ClN2S/c12-10-6-14-3-1-9(10)11(13)5-8-2-4-15-7-8/h1-4,6-7,11H,5,13H2. The molecule has 0 fully saturated rings. The molecule has 78 valence electrons. The second kappa shape index (κ2) is 4.75.